The molecule has 2 aliphatic rings. The van der Waals surface area contributed by atoms with Crippen LogP contribution in [0.15, 0.2) is 175 Å². The van der Waals surface area contributed by atoms with E-state index in [1.807, 2.05) is 6.08 Å². The maximum atomic E-state index is 5.47. The molecule has 49 heavy (non-hydrogen) atoms. The molecular weight excluding hydrogens is 595 g/mol. The molecule has 236 valence electrons. The Bertz CT molecular complexity index is 2580. The lowest BCUT2D eigenvalue weighted by Gasteiger charge is -2.36. The summed E-state index contributed by atoms with van der Waals surface area (Å²) in [5.41, 5.74) is 11.2. The molecule has 0 saturated heterocycles. The second-order valence-corrected chi connectivity index (χ2v) is 13.3. The van der Waals surface area contributed by atoms with Crippen molar-refractivity contribution in [3.63, 3.8) is 0 Å². The lowest BCUT2D eigenvalue weighted by Crippen LogP contribution is -2.38. The molecule has 5 aromatic carbocycles. The Labute approximate surface area is 286 Å². The van der Waals surface area contributed by atoms with Crippen LogP contribution < -0.4 is 0 Å². The molecule has 1 aliphatic heterocycles. The molecule has 3 nitrogen and oxygen atoms in total. The van der Waals surface area contributed by atoms with Crippen LogP contribution >= 0.6 is 0 Å². The molecule has 0 saturated carbocycles. The number of hydrogen-bond acceptors (Lipinski definition) is 1. The van der Waals surface area contributed by atoms with Gasteiger partial charge in [0.1, 0.15) is 0 Å². The van der Waals surface area contributed by atoms with E-state index in [1.54, 1.807) is 0 Å². The molecule has 0 N–H and O–H groups in total. The highest BCUT2D eigenvalue weighted by Gasteiger charge is 2.47. The van der Waals surface area contributed by atoms with E-state index in [1.165, 1.54) is 49.2 Å². The summed E-state index contributed by atoms with van der Waals surface area (Å²) >= 11 is 0. The maximum absolute atomic E-state index is 5.47. The lowest BCUT2D eigenvalue weighted by molar-refractivity contribution is 0.470. The molecule has 1 aliphatic carbocycles. The molecule has 0 spiro atoms. The Morgan fingerprint density at radius 1 is 0.755 bits per heavy atom. The zero-order valence-electron chi connectivity index (χ0n) is 27.8. The van der Waals surface area contributed by atoms with Crippen LogP contribution in [0.4, 0.5) is 5.69 Å². The number of aliphatic imine (C=N–C) groups is 1. The van der Waals surface area contributed by atoms with Crippen LogP contribution in [0.5, 0.6) is 0 Å². The normalized spacial score (nSPS) is 19.1. The minimum Gasteiger partial charge on any atom is -0.309 e. The highest BCUT2D eigenvalue weighted by molar-refractivity contribution is 6.20. The Hall–Kier alpha value is -5.93. The monoisotopic (exact) mass is 631 g/mol. The Kier molecular flexibility index (Phi) is 6.77. The standard InChI is InChI=1S/C46H37N3/c1-4-16-31(17-5-2)45-46(3,32-18-7-6-8-19-32)43-39(47-45)29-28-38-37-24-11-14-27-42(37)49(44(38)43)34-21-15-20-33(30-34)48-40-25-12-9-22-35(40)36-23-10-13-26-41(36)48/h4-18,20-30,32H,1,19H2,2-3H3/b17-5-,31-16+. The first-order valence-corrected chi connectivity index (χ1v) is 17.2. The first-order valence-electron chi connectivity index (χ1n) is 17.2. The van der Waals surface area contributed by atoms with E-state index in [9.17, 15) is 0 Å². The number of nitrogens with zero attached hydrogens (tertiary/aromatic N) is 3. The van der Waals surface area contributed by atoms with Crippen molar-refractivity contribution < 1.29 is 0 Å². The van der Waals surface area contributed by atoms with Crippen LogP contribution in [-0.2, 0) is 5.41 Å². The number of rotatable bonds is 6. The molecule has 3 heterocycles. The largest absolute Gasteiger partial charge is 0.309 e. The van der Waals surface area contributed by atoms with Gasteiger partial charge in [-0.1, -0.05) is 122 Å². The van der Waals surface area contributed by atoms with Crippen LogP contribution in [0.1, 0.15) is 25.8 Å². The van der Waals surface area contributed by atoms with Crippen LogP contribution in [0.2, 0.25) is 0 Å². The first kappa shape index (κ1) is 29.2. The smallest absolute Gasteiger partial charge is 0.0696 e. The van der Waals surface area contributed by atoms with Crippen LogP contribution in [-0.4, -0.2) is 14.8 Å². The van der Waals surface area contributed by atoms with Crippen LogP contribution in [0, 0.1) is 5.92 Å². The van der Waals surface area contributed by atoms with Crippen molar-refractivity contribution in [3.8, 4) is 11.4 Å². The minimum absolute atomic E-state index is 0.233. The summed E-state index contributed by atoms with van der Waals surface area (Å²) < 4.78 is 4.90. The summed E-state index contributed by atoms with van der Waals surface area (Å²) in [5.74, 6) is 0.233. The van der Waals surface area contributed by atoms with E-state index in [0.717, 1.165) is 34.8 Å². The summed E-state index contributed by atoms with van der Waals surface area (Å²) in [5, 5.41) is 5.01. The molecule has 2 aromatic heterocycles. The average Bonchev–Trinajstić information content (AvgIpc) is 3.78. The predicted molar refractivity (Wildman–Crippen MR) is 209 cm³/mol. The maximum Gasteiger partial charge on any atom is 0.0696 e. The highest BCUT2D eigenvalue weighted by atomic mass is 15.0. The third kappa shape index (κ3) is 4.25. The fourth-order valence-electron chi connectivity index (χ4n) is 8.50. The van der Waals surface area contributed by atoms with Crippen LogP contribution in [0.25, 0.3) is 55.0 Å². The van der Waals surface area contributed by atoms with Gasteiger partial charge in [0.15, 0.2) is 0 Å². The van der Waals surface area contributed by atoms with Crippen molar-refractivity contribution >= 4 is 55.0 Å². The molecule has 0 radical (unpaired) electrons. The summed E-state index contributed by atoms with van der Waals surface area (Å²) in [7, 11) is 0. The Morgan fingerprint density at radius 3 is 2.02 bits per heavy atom. The van der Waals surface area contributed by atoms with Gasteiger partial charge < -0.3 is 9.13 Å². The van der Waals surface area contributed by atoms with Gasteiger partial charge in [-0.25, -0.2) is 0 Å². The van der Waals surface area contributed by atoms with Crippen molar-refractivity contribution in [2.24, 2.45) is 10.9 Å². The van der Waals surface area contributed by atoms with Crippen molar-refractivity contribution in [3.05, 3.63) is 176 Å². The van der Waals surface area contributed by atoms with E-state index in [0.29, 0.717) is 0 Å². The molecule has 7 aromatic rings. The van der Waals surface area contributed by atoms with Gasteiger partial charge in [-0.3, -0.25) is 4.99 Å². The third-order valence-corrected chi connectivity index (χ3v) is 10.6. The van der Waals surface area contributed by atoms with Crippen LogP contribution in [0.3, 0.4) is 0 Å². The highest BCUT2D eigenvalue weighted by Crippen LogP contribution is 2.53. The van der Waals surface area contributed by atoms with Gasteiger partial charge in [-0.2, -0.15) is 0 Å². The average molecular weight is 632 g/mol. The van der Waals surface area contributed by atoms with Gasteiger partial charge in [-0.05, 0) is 74.2 Å². The van der Waals surface area contributed by atoms with E-state index in [2.05, 4.69) is 181 Å². The van der Waals surface area contributed by atoms with E-state index in [-0.39, 0.29) is 11.3 Å². The number of allylic oxidation sites excluding steroid dienone is 9. The zero-order chi connectivity index (χ0) is 33.1. The van der Waals surface area contributed by atoms with Gasteiger partial charge in [0.25, 0.3) is 0 Å². The molecule has 2 atom stereocenters. The summed E-state index contributed by atoms with van der Waals surface area (Å²) in [6.07, 6.45) is 18.2. The number of fused-ring (bicyclic) bond motifs is 8. The van der Waals surface area contributed by atoms with Gasteiger partial charge >= 0.3 is 0 Å². The molecule has 2 unspecified atom stereocenters. The first-order chi connectivity index (χ1) is 24.1. The molecule has 0 amide bonds. The lowest BCUT2D eigenvalue weighted by atomic mass is 9.65. The Balaban J connectivity index is 1.35. The van der Waals surface area contributed by atoms with E-state index in [4.69, 9.17) is 4.99 Å². The number of aromatic nitrogens is 2. The molecule has 9 rings (SSSR count). The summed E-state index contributed by atoms with van der Waals surface area (Å²) in [6, 6.07) is 39.8. The summed E-state index contributed by atoms with van der Waals surface area (Å²) in [4.78, 5) is 5.47. The van der Waals surface area contributed by atoms with Gasteiger partial charge in [0.2, 0.25) is 0 Å². The molecular formula is C46H37N3. The van der Waals surface area contributed by atoms with Gasteiger partial charge in [0, 0.05) is 43.9 Å². The number of para-hydroxylation sites is 3. The molecule has 0 fully saturated rings. The van der Waals surface area contributed by atoms with Crippen molar-refractivity contribution in [2.45, 2.75) is 25.7 Å². The topological polar surface area (TPSA) is 22.2 Å². The quantitative estimate of drug-likeness (QED) is 0.163. The SMILES string of the molecule is C=C/C=C(\C=C/C)C1=Nc2ccc3c4ccccc4n(-c4cccc(-n5c6ccccc6c6ccccc65)c4)c3c2C1(C)C1C=CC=CC1. The third-order valence-electron chi connectivity index (χ3n) is 10.6. The van der Waals surface area contributed by atoms with E-state index >= 15 is 0 Å². The second-order valence-electron chi connectivity index (χ2n) is 13.3. The zero-order valence-corrected chi connectivity index (χ0v) is 27.8. The number of benzene rings is 5. The number of hydrogen-bond donors (Lipinski definition) is 0. The molecule has 0 bridgehead atoms. The molecule has 3 heteroatoms. The van der Waals surface area contributed by atoms with E-state index < -0.39 is 0 Å². The predicted octanol–water partition coefficient (Wildman–Crippen LogP) is 12.0. The fourth-order valence-corrected chi connectivity index (χ4v) is 8.50. The fraction of sp³-hybridized carbons (Fsp3) is 0.109. The minimum atomic E-state index is -0.388. The van der Waals surface area contributed by atoms with Crippen molar-refractivity contribution in [2.75, 3.05) is 0 Å². The Morgan fingerprint density at radius 2 is 1.39 bits per heavy atom. The summed E-state index contributed by atoms with van der Waals surface area (Å²) in [6.45, 7) is 8.54. The van der Waals surface area contributed by atoms with Gasteiger partial charge in [0.05, 0.1) is 33.5 Å². The van der Waals surface area contributed by atoms with Gasteiger partial charge in [-0.15, -0.1) is 0 Å². The van der Waals surface area contributed by atoms with Crippen molar-refractivity contribution in [1.29, 1.82) is 0 Å². The van der Waals surface area contributed by atoms with Crippen molar-refractivity contribution in [1.82, 2.24) is 9.13 Å². The second kappa shape index (κ2) is 11.4.